The van der Waals surface area contributed by atoms with Crippen molar-refractivity contribution < 1.29 is 101 Å². The van der Waals surface area contributed by atoms with Crippen LogP contribution in [0.5, 0.6) is 5.75 Å². The number of hydrazine groups is 2. The van der Waals surface area contributed by atoms with Gasteiger partial charge in [0, 0.05) is 78.6 Å². The zero-order valence-electron chi connectivity index (χ0n) is 55.7. The van der Waals surface area contributed by atoms with Gasteiger partial charge in [-0.15, -0.1) is 5.53 Å². The molecule has 10 amide bonds. The zero-order chi connectivity index (χ0) is 71.2. The molecule has 544 valence electrons. The number of nitrogens with two attached hydrogens (primary N) is 1. The minimum atomic E-state index is -2.44. The molecule has 7 rings (SSSR count). The van der Waals surface area contributed by atoms with Gasteiger partial charge in [0.25, 0.3) is 0 Å². The van der Waals surface area contributed by atoms with Crippen molar-refractivity contribution in [1.29, 1.82) is 0 Å². The predicted molar refractivity (Wildman–Crippen MR) is 350 cm³/mol. The molecule has 1 aromatic carbocycles. The van der Waals surface area contributed by atoms with E-state index in [1.165, 1.54) is 30.7 Å². The number of H-pyrrole nitrogens is 1. The molecule has 2 saturated heterocycles. The van der Waals surface area contributed by atoms with Gasteiger partial charge in [-0.3, -0.25) is 66.9 Å². The summed E-state index contributed by atoms with van der Waals surface area (Å²) in [5.41, 5.74) is 13.2. The molecule has 1 aromatic heterocycles. The highest BCUT2D eigenvalue weighted by molar-refractivity contribution is 7.98. The second-order valence-electron chi connectivity index (χ2n) is 24.5. The Labute approximate surface area is 573 Å². The van der Waals surface area contributed by atoms with Crippen LogP contribution in [0.2, 0.25) is 0 Å². The standard InChI is InChI=1S/C62H93N13O21S2/c1-6-34(2)41-22-38(77)26-64-56(84)44-24-42-40-7-8-49(91-5)43(32-97-20-19-96-18-17-95-16-15-94-14-13-93-12-11-92-10-9-73-28-37(71-72-73)29-75-52(82)21-35(3)61(75)88)54(40)70-60(42)98(90)33-46(66-51(81)27-65-55(41)83)57(85)68-45(25-50(63)80)62(89)74-30-39(78)23-47(74)58(86)69-53(59(87)67-44)36(4)48(79)31-76/h7-8,28,34-36,39,41,44-48,53,70-72,76,78-79H,6,9-27,29-33H2,1-5H3,(H2,63,80)(H,64,84)(H,65,83)(H,66,81)(H,67,87)(H,68,85)(H,69,86)/t34-,35?,36-,39+,41-,44-,45-,46+,47-,48-,53-,98?/m0/s1. The first-order chi connectivity index (χ1) is 46.9. The number of rotatable bonds is 30. The molecular formula is C62H93N13O21S2. The summed E-state index contributed by atoms with van der Waals surface area (Å²) in [6, 6.07) is -5.59. The van der Waals surface area contributed by atoms with Gasteiger partial charge < -0.3 is 96.7 Å². The second kappa shape index (κ2) is 38.3. The van der Waals surface area contributed by atoms with Crippen molar-refractivity contribution in [1.82, 2.24) is 62.7 Å². The Balaban J connectivity index is 1.03. The lowest BCUT2D eigenvalue weighted by Gasteiger charge is -2.32. The van der Waals surface area contributed by atoms with Crippen LogP contribution in [0.25, 0.3) is 10.9 Å². The number of primary amides is 1. The number of nitrogens with zero attached hydrogens (tertiary/aromatic N) is 3. The molecule has 36 heteroatoms. The molecule has 34 nitrogen and oxygen atoms in total. The Kier molecular flexibility index (Phi) is 30.4. The molecule has 2 aromatic rings. The maximum Gasteiger partial charge on any atom is 0.246 e. The third-order valence-electron chi connectivity index (χ3n) is 17.4. The summed E-state index contributed by atoms with van der Waals surface area (Å²) in [6.07, 6.45) is -2.85. The highest BCUT2D eigenvalue weighted by Gasteiger charge is 2.45. The molecule has 0 spiro atoms. The van der Waals surface area contributed by atoms with E-state index in [4.69, 9.17) is 34.2 Å². The number of ketones is 1. The molecule has 2 bridgehead atoms. The monoisotopic (exact) mass is 1420 g/mol. The van der Waals surface area contributed by atoms with E-state index in [-0.39, 0.29) is 60.3 Å². The number of thioether (sulfide) groups is 1. The van der Waals surface area contributed by atoms with Crippen LogP contribution in [0, 0.1) is 23.7 Å². The summed E-state index contributed by atoms with van der Waals surface area (Å²) in [6.45, 7) is 7.70. The van der Waals surface area contributed by atoms with E-state index in [1.54, 1.807) is 44.1 Å². The molecule has 0 aliphatic carbocycles. The van der Waals surface area contributed by atoms with Gasteiger partial charge in [0.05, 0.1) is 152 Å². The van der Waals surface area contributed by atoms with E-state index in [1.807, 2.05) is 0 Å². The topological polar surface area (TPSA) is 469 Å². The van der Waals surface area contributed by atoms with E-state index in [0.29, 0.717) is 99.5 Å². The maximum absolute atomic E-state index is 15.3. The number of hydrogen-bond donors (Lipinski definition) is 13. The van der Waals surface area contributed by atoms with E-state index < -0.39 is 182 Å². The van der Waals surface area contributed by atoms with Crippen LogP contribution in [0.4, 0.5) is 0 Å². The molecule has 5 aliphatic rings. The van der Waals surface area contributed by atoms with Crippen molar-refractivity contribution in [2.75, 3.05) is 124 Å². The number of nitrogens with one attached hydrogen (secondary N) is 9. The highest BCUT2D eigenvalue weighted by Crippen LogP contribution is 2.36. The fourth-order valence-electron chi connectivity index (χ4n) is 11.6. The normalized spacial score (nSPS) is 25.2. The van der Waals surface area contributed by atoms with E-state index in [9.17, 15) is 68.1 Å². The van der Waals surface area contributed by atoms with Crippen LogP contribution in [0.3, 0.4) is 0 Å². The summed E-state index contributed by atoms with van der Waals surface area (Å²) in [5, 5.41) is 49.1. The van der Waals surface area contributed by atoms with Gasteiger partial charge in [-0.1, -0.05) is 34.1 Å². The molecule has 98 heavy (non-hydrogen) atoms. The Morgan fingerprint density at radius 1 is 0.786 bits per heavy atom. The van der Waals surface area contributed by atoms with Crippen molar-refractivity contribution in [2.24, 2.45) is 29.4 Å². The number of aliphatic hydroxyl groups excluding tert-OH is 3. The average molecular weight is 1420 g/mol. The number of aromatic amines is 1. The molecule has 2 unspecified atom stereocenters. The Morgan fingerprint density at radius 2 is 1.45 bits per heavy atom. The number of hydrogen-bond acceptors (Lipinski definition) is 25. The minimum absolute atomic E-state index is 0.126. The van der Waals surface area contributed by atoms with Gasteiger partial charge in [0.1, 0.15) is 41.0 Å². The lowest BCUT2D eigenvalue weighted by molar-refractivity contribution is -0.144. The molecule has 0 radical (unpaired) electrons. The van der Waals surface area contributed by atoms with Gasteiger partial charge in [0.15, 0.2) is 5.78 Å². The number of fused-ring (bicyclic) bond motifs is 5. The van der Waals surface area contributed by atoms with Crippen LogP contribution in [0.1, 0.15) is 70.9 Å². The number of ether oxygens (including phenoxy) is 6. The number of likely N-dealkylation sites (tertiary alicyclic amines) is 1. The molecule has 12 atom stereocenters. The molecule has 14 N–H and O–H groups in total. The molecular weight excluding hydrogens is 1330 g/mol. The van der Waals surface area contributed by atoms with E-state index >= 15 is 4.21 Å². The first-order valence-corrected chi connectivity index (χ1v) is 35.1. The third-order valence-corrected chi connectivity index (χ3v) is 19.8. The van der Waals surface area contributed by atoms with Crippen molar-refractivity contribution in [3.8, 4) is 5.75 Å². The van der Waals surface area contributed by atoms with E-state index in [0.717, 1.165) is 4.90 Å². The number of imide groups is 1. The number of aliphatic hydroxyl groups is 3. The molecule has 5 aliphatic heterocycles. The summed E-state index contributed by atoms with van der Waals surface area (Å²) >= 11 is 1.44. The SMILES string of the molecule is CC[C@H](C)[C@@H]1CC(=O)CNC(=O)[C@@H]2Cc3c([nH]c4c(CSCCOCCOCCOCCOCCOCCN5C=C(CN6C(=O)CC(C)C6=O)NN5)c(OC)ccc34)S(=O)C[C@@H](NC(=O)CNC1=O)C(=O)N[C@@H](CC(N)=O)C(=O)N1C[C@H](O)C[C@H]1C(=O)N[C@@H]([C@@H](C)[C@@H](O)CO)C(=O)N2. The number of amides is 10. The smallest absolute Gasteiger partial charge is 0.246 e. The molecule has 6 heterocycles. The number of methoxy groups -OCH3 is 1. The minimum Gasteiger partial charge on any atom is -0.496 e. The Bertz CT molecular complexity index is 3230. The van der Waals surface area contributed by atoms with E-state index in [2.05, 4.69) is 47.8 Å². The lowest BCUT2D eigenvalue weighted by Crippen LogP contribution is -2.62. The summed E-state index contributed by atoms with van der Waals surface area (Å²) in [5.74, 6) is -12.0. The molecule has 0 saturated carbocycles. The van der Waals surface area contributed by atoms with Gasteiger partial charge in [-0.25, -0.2) is 0 Å². The van der Waals surface area contributed by atoms with Gasteiger partial charge in [-0.2, -0.15) is 11.8 Å². The average Bonchev–Trinajstić information content (AvgIpc) is 1.61. The highest BCUT2D eigenvalue weighted by atomic mass is 32.2. The van der Waals surface area contributed by atoms with Gasteiger partial charge in [0.2, 0.25) is 59.1 Å². The van der Waals surface area contributed by atoms with Crippen LogP contribution in [-0.2, 0) is 99.4 Å². The second-order valence-corrected chi connectivity index (χ2v) is 27.1. The number of aromatic nitrogens is 1. The fourth-order valence-corrected chi connectivity index (χ4v) is 13.9. The van der Waals surface area contributed by atoms with Gasteiger partial charge >= 0.3 is 0 Å². The van der Waals surface area contributed by atoms with Crippen molar-refractivity contribution in [3.05, 3.63) is 35.2 Å². The predicted octanol–water partition coefficient (Wildman–Crippen LogP) is -4.65. The number of Topliss-reactive ketones (excluding diaryl/α,β-unsaturated/α-hetero) is 1. The first-order valence-electron chi connectivity index (χ1n) is 32.6. The van der Waals surface area contributed by atoms with Crippen LogP contribution < -0.4 is 53.3 Å². The first kappa shape index (κ1) is 78.0. The van der Waals surface area contributed by atoms with Crippen LogP contribution >= 0.6 is 11.8 Å². The third kappa shape index (κ3) is 21.8. The number of benzene rings is 1. The Morgan fingerprint density at radius 3 is 2.08 bits per heavy atom. The maximum atomic E-state index is 15.3. The zero-order valence-corrected chi connectivity index (χ0v) is 57.3. The lowest BCUT2D eigenvalue weighted by atomic mass is 9.86. The summed E-state index contributed by atoms with van der Waals surface area (Å²) < 4.78 is 49.5. The van der Waals surface area contributed by atoms with Crippen molar-refractivity contribution in [3.63, 3.8) is 0 Å². The number of carbonyl (C=O) groups is 11. The summed E-state index contributed by atoms with van der Waals surface area (Å²) in [4.78, 5) is 157. The van der Waals surface area contributed by atoms with Crippen molar-refractivity contribution in [2.45, 2.75) is 119 Å². The van der Waals surface area contributed by atoms with Crippen LogP contribution in [-0.4, -0.2) is 271 Å². The Hall–Kier alpha value is -7.39. The summed E-state index contributed by atoms with van der Waals surface area (Å²) in [7, 11) is -0.999. The fraction of sp³-hybridized carbons (Fsp3) is 0.661. The van der Waals surface area contributed by atoms with Crippen LogP contribution in [0.15, 0.2) is 29.1 Å². The quantitative estimate of drug-likeness (QED) is 0.0258. The van der Waals surface area contributed by atoms with Gasteiger partial charge in [-0.05, 0) is 23.6 Å². The van der Waals surface area contributed by atoms with Crippen molar-refractivity contribution >= 4 is 98.3 Å². The molecule has 2 fully saturated rings. The largest absolute Gasteiger partial charge is 0.496 e. The number of carbonyl (C=O) groups excluding carboxylic acids is 11.